The lowest BCUT2D eigenvalue weighted by Gasteiger charge is -2.20. The molecule has 1 atom stereocenters. The number of nitrogens with one attached hydrogen (secondary N) is 3. The van der Waals surface area contributed by atoms with E-state index in [1.54, 1.807) is 18.3 Å². The van der Waals surface area contributed by atoms with E-state index in [1.807, 2.05) is 32.0 Å². The lowest BCUT2D eigenvalue weighted by Crippen LogP contribution is -3.06. The molecule has 0 saturated heterocycles. The third-order valence-electron chi connectivity index (χ3n) is 4.52. The fourth-order valence-corrected chi connectivity index (χ4v) is 4.37. The molecule has 0 saturated carbocycles. The normalized spacial score (nSPS) is 13.2. The van der Waals surface area contributed by atoms with Gasteiger partial charge < -0.3 is 4.90 Å². The molecule has 6 nitrogen and oxygen atoms in total. The second-order valence-electron chi connectivity index (χ2n) is 6.45. The maximum absolute atomic E-state index is 12.5. The molecule has 2 aromatic rings. The van der Waals surface area contributed by atoms with Crippen LogP contribution in [0, 0.1) is 0 Å². The number of hydrogen-bond donors (Lipinski definition) is 2. The molecule has 0 fully saturated rings. The number of anilines is 1. The van der Waals surface area contributed by atoms with Gasteiger partial charge in [-0.15, -0.1) is 0 Å². The summed E-state index contributed by atoms with van der Waals surface area (Å²) in [6.45, 7) is 5.35. The Balaban J connectivity index is 2.09. The highest BCUT2D eigenvalue weighted by atomic mass is 32.2. The van der Waals surface area contributed by atoms with Crippen LogP contribution in [0.4, 0.5) is 5.82 Å². The number of aromatic nitrogens is 1. The SMILES string of the molecule is CCN(CC)S(=O)(=O)c1ccc(NC[C@H](c2ccccc2)[NH+](C)C)[nH+]c1. The molecular formula is C19H30N4O2S+2. The molecule has 2 rings (SSSR count). The number of nitrogens with zero attached hydrogens (tertiary/aromatic N) is 1. The first-order chi connectivity index (χ1) is 12.4. The van der Waals surface area contributed by atoms with Gasteiger partial charge in [0, 0.05) is 24.7 Å². The molecule has 0 aliphatic heterocycles. The van der Waals surface area contributed by atoms with E-state index >= 15 is 0 Å². The monoisotopic (exact) mass is 378 g/mol. The van der Waals surface area contributed by atoms with Crippen molar-refractivity contribution < 1.29 is 18.3 Å². The van der Waals surface area contributed by atoms with Crippen LogP contribution >= 0.6 is 0 Å². The lowest BCUT2D eigenvalue weighted by atomic mass is 10.1. The van der Waals surface area contributed by atoms with E-state index < -0.39 is 10.0 Å². The fourth-order valence-electron chi connectivity index (χ4n) is 2.95. The fraction of sp³-hybridized carbons (Fsp3) is 0.421. The third kappa shape index (κ3) is 4.81. The highest BCUT2D eigenvalue weighted by Gasteiger charge is 2.24. The first-order valence-electron chi connectivity index (χ1n) is 9.00. The second kappa shape index (κ2) is 9.12. The first-order valence-corrected chi connectivity index (χ1v) is 10.4. The number of hydrogen-bond acceptors (Lipinski definition) is 3. The Morgan fingerprint density at radius 3 is 2.23 bits per heavy atom. The van der Waals surface area contributed by atoms with E-state index in [2.05, 4.69) is 36.5 Å². The van der Waals surface area contributed by atoms with E-state index in [9.17, 15) is 8.42 Å². The molecule has 26 heavy (non-hydrogen) atoms. The number of quaternary nitrogens is 1. The summed E-state index contributed by atoms with van der Waals surface area (Å²) in [4.78, 5) is 4.67. The number of pyridine rings is 1. The van der Waals surface area contributed by atoms with Crippen LogP contribution in [0.25, 0.3) is 0 Å². The zero-order valence-corrected chi connectivity index (χ0v) is 16.8. The number of benzene rings is 1. The predicted molar refractivity (Wildman–Crippen MR) is 104 cm³/mol. The highest BCUT2D eigenvalue weighted by molar-refractivity contribution is 7.89. The van der Waals surface area contributed by atoms with E-state index in [-0.39, 0.29) is 4.90 Å². The summed E-state index contributed by atoms with van der Waals surface area (Å²) in [6, 6.07) is 14.1. The molecule has 0 bridgehead atoms. The van der Waals surface area contributed by atoms with Crippen molar-refractivity contribution in [3.63, 3.8) is 0 Å². The maximum Gasteiger partial charge on any atom is 0.272 e. The molecule has 0 aliphatic rings. The molecule has 1 aromatic carbocycles. The van der Waals surface area contributed by atoms with Crippen molar-refractivity contribution in [2.24, 2.45) is 0 Å². The minimum atomic E-state index is -3.44. The Hall–Kier alpha value is -1.96. The van der Waals surface area contributed by atoms with Gasteiger partial charge in [0.15, 0.2) is 6.04 Å². The summed E-state index contributed by atoms with van der Waals surface area (Å²) in [5.74, 6) is 0.797. The van der Waals surface area contributed by atoms with Gasteiger partial charge in [-0.1, -0.05) is 44.2 Å². The van der Waals surface area contributed by atoms with Gasteiger partial charge in [0.1, 0.15) is 17.6 Å². The molecular weight excluding hydrogens is 348 g/mol. The molecule has 0 spiro atoms. The second-order valence-corrected chi connectivity index (χ2v) is 8.39. The standard InChI is InChI=1S/C19H28N4O2S/c1-5-23(6-2)26(24,25)17-12-13-19(20-14-17)21-15-18(22(3)4)16-10-8-7-9-11-16/h7-14,18H,5-6,15H2,1-4H3,(H,20,21)/p+2/t18-/m1/s1. The Kier molecular flexibility index (Phi) is 7.14. The van der Waals surface area contributed by atoms with E-state index in [1.165, 1.54) is 14.8 Å². The van der Waals surface area contributed by atoms with Gasteiger partial charge >= 0.3 is 0 Å². The predicted octanol–water partition coefficient (Wildman–Crippen LogP) is 0.829. The number of sulfonamides is 1. The van der Waals surface area contributed by atoms with Gasteiger partial charge in [0.25, 0.3) is 5.82 Å². The molecule has 1 aromatic heterocycles. The summed E-state index contributed by atoms with van der Waals surface area (Å²) in [5, 5.41) is 3.38. The third-order valence-corrected chi connectivity index (χ3v) is 6.57. The van der Waals surface area contributed by atoms with Gasteiger partial charge in [-0.05, 0) is 6.07 Å². The minimum absolute atomic E-state index is 0.282. The van der Waals surface area contributed by atoms with Crippen LogP contribution in [0.5, 0.6) is 0 Å². The van der Waals surface area contributed by atoms with Crippen molar-refractivity contribution in [3.8, 4) is 0 Å². The van der Waals surface area contributed by atoms with Gasteiger partial charge in [0.05, 0.1) is 14.1 Å². The molecule has 0 unspecified atom stereocenters. The van der Waals surface area contributed by atoms with E-state index in [4.69, 9.17) is 0 Å². The van der Waals surface area contributed by atoms with Crippen LogP contribution in [0.2, 0.25) is 0 Å². The van der Waals surface area contributed by atoms with Crippen molar-refractivity contribution in [2.75, 3.05) is 39.0 Å². The van der Waals surface area contributed by atoms with Crippen molar-refractivity contribution in [2.45, 2.75) is 24.8 Å². The zero-order chi connectivity index (χ0) is 19.2. The molecule has 0 radical (unpaired) electrons. The lowest BCUT2D eigenvalue weighted by molar-refractivity contribution is -0.890. The highest BCUT2D eigenvalue weighted by Crippen LogP contribution is 2.15. The van der Waals surface area contributed by atoms with Gasteiger partial charge in [-0.2, -0.15) is 4.31 Å². The van der Waals surface area contributed by atoms with E-state index in [0.717, 1.165) is 12.4 Å². The zero-order valence-electron chi connectivity index (χ0n) is 16.0. The average molecular weight is 379 g/mol. The average Bonchev–Trinajstić information content (AvgIpc) is 2.63. The summed E-state index contributed by atoms with van der Waals surface area (Å²) >= 11 is 0. The summed E-state index contributed by atoms with van der Waals surface area (Å²) in [6.07, 6.45) is 1.55. The quantitative estimate of drug-likeness (QED) is 0.679. The molecule has 1 heterocycles. The largest absolute Gasteiger partial charge is 0.330 e. The van der Waals surface area contributed by atoms with Crippen LogP contribution in [0.1, 0.15) is 25.5 Å². The molecule has 3 N–H and O–H groups in total. The molecule has 142 valence electrons. The molecule has 7 heteroatoms. The molecule has 0 aliphatic carbocycles. The summed E-state index contributed by atoms with van der Waals surface area (Å²) in [7, 11) is 0.820. The van der Waals surface area contributed by atoms with Crippen molar-refractivity contribution in [3.05, 3.63) is 54.2 Å². The number of rotatable bonds is 9. The van der Waals surface area contributed by atoms with Crippen LogP contribution < -0.4 is 15.2 Å². The minimum Gasteiger partial charge on any atom is -0.330 e. The van der Waals surface area contributed by atoms with Crippen LogP contribution in [0.3, 0.4) is 0 Å². The van der Waals surface area contributed by atoms with Gasteiger partial charge in [-0.25, -0.2) is 13.4 Å². The Bertz CT molecular complexity index is 773. The van der Waals surface area contributed by atoms with Crippen molar-refractivity contribution in [1.82, 2.24) is 4.31 Å². The van der Waals surface area contributed by atoms with Crippen LogP contribution in [-0.4, -0.2) is 46.5 Å². The van der Waals surface area contributed by atoms with Crippen molar-refractivity contribution >= 4 is 15.8 Å². The summed E-state index contributed by atoms with van der Waals surface area (Å²) in [5.41, 5.74) is 1.26. The number of likely N-dealkylation sites (N-methyl/N-ethyl adjacent to an activating group) is 1. The van der Waals surface area contributed by atoms with Crippen molar-refractivity contribution in [1.29, 1.82) is 0 Å². The van der Waals surface area contributed by atoms with Gasteiger partial charge in [-0.3, -0.25) is 5.32 Å². The van der Waals surface area contributed by atoms with E-state index in [0.29, 0.717) is 19.1 Å². The molecule has 0 amide bonds. The Morgan fingerprint density at radius 1 is 1.08 bits per heavy atom. The number of aromatic amines is 1. The Labute approximate surface area is 156 Å². The van der Waals surface area contributed by atoms with Gasteiger partial charge in [0.2, 0.25) is 10.0 Å². The topological polar surface area (TPSA) is 68.0 Å². The smallest absolute Gasteiger partial charge is 0.272 e. The Morgan fingerprint density at radius 2 is 1.73 bits per heavy atom. The van der Waals surface area contributed by atoms with Crippen LogP contribution in [-0.2, 0) is 10.0 Å². The summed E-state index contributed by atoms with van der Waals surface area (Å²) < 4.78 is 26.5. The maximum atomic E-state index is 12.5. The number of H-pyrrole nitrogens is 1. The first kappa shape index (κ1) is 20.4. The van der Waals surface area contributed by atoms with Crippen LogP contribution in [0.15, 0.2) is 53.6 Å².